The van der Waals surface area contributed by atoms with E-state index in [2.05, 4.69) is 16.2 Å². The smallest absolute Gasteiger partial charge is 0.154 e. The van der Waals surface area contributed by atoms with Crippen molar-refractivity contribution in [2.24, 2.45) is 0 Å². The van der Waals surface area contributed by atoms with Crippen LogP contribution in [0.15, 0.2) is 30.7 Å². The van der Waals surface area contributed by atoms with E-state index >= 15 is 0 Å². The van der Waals surface area contributed by atoms with Crippen LogP contribution < -0.4 is 0 Å². The molecule has 0 radical (unpaired) electrons. The molecule has 0 saturated carbocycles. The molecule has 0 spiro atoms. The molecule has 0 aromatic carbocycles. The van der Waals surface area contributed by atoms with Crippen molar-refractivity contribution >= 4 is 11.6 Å². The SMILES string of the molecule is N#CCc1cnn(-c2cc(Cl)ccn2)c1. The van der Waals surface area contributed by atoms with Gasteiger partial charge < -0.3 is 0 Å². The van der Waals surface area contributed by atoms with Crippen LogP contribution in [0.5, 0.6) is 0 Å². The lowest BCUT2D eigenvalue weighted by Crippen LogP contribution is -1.96. The van der Waals surface area contributed by atoms with Gasteiger partial charge in [-0.15, -0.1) is 0 Å². The summed E-state index contributed by atoms with van der Waals surface area (Å²) in [6.07, 6.45) is 5.37. The van der Waals surface area contributed by atoms with E-state index < -0.39 is 0 Å². The van der Waals surface area contributed by atoms with Crippen molar-refractivity contribution in [2.45, 2.75) is 6.42 Å². The topological polar surface area (TPSA) is 54.5 Å². The van der Waals surface area contributed by atoms with E-state index in [0.717, 1.165) is 5.56 Å². The number of hydrogen-bond acceptors (Lipinski definition) is 3. The van der Waals surface area contributed by atoms with E-state index in [1.807, 2.05) is 0 Å². The molecule has 0 aliphatic heterocycles. The number of rotatable bonds is 2. The van der Waals surface area contributed by atoms with Crippen molar-refractivity contribution in [3.05, 3.63) is 41.3 Å². The highest BCUT2D eigenvalue weighted by Crippen LogP contribution is 2.11. The third-order valence-corrected chi connectivity index (χ3v) is 2.10. The van der Waals surface area contributed by atoms with E-state index in [-0.39, 0.29) is 0 Å². The van der Waals surface area contributed by atoms with Gasteiger partial charge in [0.1, 0.15) is 0 Å². The number of nitriles is 1. The van der Waals surface area contributed by atoms with Crippen LogP contribution >= 0.6 is 11.6 Å². The maximum atomic E-state index is 8.52. The third kappa shape index (κ3) is 2.14. The van der Waals surface area contributed by atoms with Crippen LogP contribution in [0.2, 0.25) is 5.02 Å². The zero-order valence-corrected chi connectivity index (χ0v) is 8.52. The molecule has 5 heteroatoms. The highest BCUT2D eigenvalue weighted by molar-refractivity contribution is 6.30. The molecule has 0 atom stereocenters. The number of halogens is 1. The van der Waals surface area contributed by atoms with Crippen LogP contribution in [0.1, 0.15) is 5.56 Å². The van der Waals surface area contributed by atoms with Gasteiger partial charge in [-0.3, -0.25) is 0 Å². The molecule has 0 N–H and O–H groups in total. The van der Waals surface area contributed by atoms with Crippen molar-refractivity contribution in [1.29, 1.82) is 5.26 Å². The highest BCUT2D eigenvalue weighted by atomic mass is 35.5. The number of aromatic nitrogens is 3. The zero-order chi connectivity index (χ0) is 10.7. The fourth-order valence-corrected chi connectivity index (χ4v) is 1.34. The Labute approximate surface area is 91.7 Å². The molecule has 2 aromatic rings. The van der Waals surface area contributed by atoms with Gasteiger partial charge >= 0.3 is 0 Å². The molecule has 0 unspecified atom stereocenters. The first-order chi connectivity index (χ1) is 7.29. The number of pyridine rings is 1. The predicted octanol–water partition coefficient (Wildman–Crippen LogP) is 1.99. The largest absolute Gasteiger partial charge is 0.237 e. The Morgan fingerprint density at radius 2 is 2.40 bits per heavy atom. The summed E-state index contributed by atoms with van der Waals surface area (Å²) in [5, 5.41) is 13.2. The van der Waals surface area contributed by atoms with E-state index in [1.165, 1.54) is 0 Å². The fraction of sp³-hybridized carbons (Fsp3) is 0.100. The molecule has 74 valence electrons. The van der Waals surface area contributed by atoms with Gasteiger partial charge in [0.2, 0.25) is 0 Å². The Morgan fingerprint density at radius 1 is 1.53 bits per heavy atom. The first-order valence-corrected chi connectivity index (χ1v) is 4.70. The summed E-state index contributed by atoms with van der Waals surface area (Å²) in [7, 11) is 0. The molecular formula is C10H7ClN4. The van der Waals surface area contributed by atoms with Crippen molar-refractivity contribution in [3.8, 4) is 11.9 Å². The van der Waals surface area contributed by atoms with Crippen LogP contribution in [-0.4, -0.2) is 14.8 Å². The lowest BCUT2D eigenvalue weighted by molar-refractivity contribution is 0.846. The second-order valence-electron chi connectivity index (χ2n) is 2.96. The molecule has 0 saturated heterocycles. The van der Waals surface area contributed by atoms with Crippen LogP contribution in [0.25, 0.3) is 5.82 Å². The van der Waals surface area contributed by atoms with Crippen LogP contribution in [0, 0.1) is 11.3 Å². The average Bonchev–Trinajstić information content (AvgIpc) is 2.67. The van der Waals surface area contributed by atoms with Crippen LogP contribution in [0.3, 0.4) is 0 Å². The van der Waals surface area contributed by atoms with Gasteiger partial charge in [-0.2, -0.15) is 10.4 Å². The second-order valence-corrected chi connectivity index (χ2v) is 3.40. The highest BCUT2D eigenvalue weighted by Gasteiger charge is 2.01. The minimum atomic E-state index is 0.348. The van der Waals surface area contributed by atoms with Gasteiger partial charge in [0.25, 0.3) is 0 Å². The molecule has 0 aliphatic rings. The molecule has 15 heavy (non-hydrogen) atoms. The van der Waals surface area contributed by atoms with Crippen LogP contribution in [-0.2, 0) is 6.42 Å². The summed E-state index contributed by atoms with van der Waals surface area (Å²) < 4.78 is 1.60. The van der Waals surface area contributed by atoms with Crippen molar-refractivity contribution in [3.63, 3.8) is 0 Å². The lowest BCUT2D eigenvalue weighted by Gasteiger charge is -1.98. The maximum absolute atomic E-state index is 8.52. The lowest BCUT2D eigenvalue weighted by atomic mass is 10.3. The molecular weight excluding hydrogens is 212 g/mol. The minimum absolute atomic E-state index is 0.348. The monoisotopic (exact) mass is 218 g/mol. The maximum Gasteiger partial charge on any atom is 0.154 e. The summed E-state index contributed by atoms with van der Waals surface area (Å²) >= 11 is 5.83. The molecule has 0 bridgehead atoms. The summed E-state index contributed by atoms with van der Waals surface area (Å²) in [5.74, 6) is 0.645. The Balaban J connectivity index is 2.34. The number of hydrogen-bond donors (Lipinski definition) is 0. The zero-order valence-electron chi connectivity index (χ0n) is 7.76. The molecule has 2 heterocycles. The molecule has 0 amide bonds. The fourth-order valence-electron chi connectivity index (χ4n) is 1.19. The van der Waals surface area contributed by atoms with Gasteiger partial charge in [-0.05, 0) is 6.07 Å². The van der Waals surface area contributed by atoms with E-state index in [9.17, 15) is 0 Å². The molecule has 0 fully saturated rings. The summed E-state index contributed by atoms with van der Waals surface area (Å²) in [5.41, 5.74) is 0.860. The Kier molecular flexibility index (Phi) is 2.66. The molecule has 4 nitrogen and oxygen atoms in total. The normalized spacial score (nSPS) is 9.87. The van der Waals surface area contributed by atoms with Gasteiger partial charge in [0, 0.05) is 29.0 Å². The molecule has 0 aliphatic carbocycles. The quantitative estimate of drug-likeness (QED) is 0.775. The predicted molar refractivity (Wildman–Crippen MR) is 55.7 cm³/mol. The van der Waals surface area contributed by atoms with E-state index in [4.69, 9.17) is 16.9 Å². The number of nitrogens with zero attached hydrogens (tertiary/aromatic N) is 4. The van der Waals surface area contributed by atoms with E-state index in [0.29, 0.717) is 17.3 Å². The Bertz CT molecular complexity index is 512. The van der Waals surface area contributed by atoms with Crippen molar-refractivity contribution < 1.29 is 0 Å². The average molecular weight is 219 g/mol. The Hall–Kier alpha value is -1.86. The second kappa shape index (κ2) is 4.11. The van der Waals surface area contributed by atoms with Crippen molar-refractivity contribution in [1.82, 2.24) is 14.8 Å². The van der Waals surface area contributed by atoms with Gasteiger partial charge in [0.05, 0.1) is 18.7 Å². The Morgan fingerprint density at radius 3 is 3.13 bits per heavy atom. The standard InChI is InChI=1S/C10H7ClN4/c11-9-2-4-13-10(5-9)15-7-8(1-3-12)6-14-15/h2,4-7H,1H2. The van der Waals surface area contributed by atoms with Gasteiger partial charge in [0.15, 0.2) is 5.82 Å². The summed E-state index contributed by atoms with van der Waals surface area (Å²) in [6.45, 7) is 0. The molecule has 2 aromatic heterocycles. The first-order valence-electron chi connectivity index (χ1n) is 4.32. The van der Waals surface area contributed by atoms with Gasteiger partial charge in [-0.1, -0.05) is 11.6 Å². The van der Waals surface area contributed by atoms with Crippen molar-refractivity contribution in [2.75, 3.05) is 0 Å². The minimum Gasteiger partial charge on any atom is -0.237 e. The first kappa shape index (κ1) is 9.69. The van der Waals surface area contributed by atoms with E-state index in [1.54, 1.807) is 35.4 Å². The summed E-state index contributed by atoms with van der Waals surface area (Å²) in [6, 6.07) is 5.47. The third-order valence-electron chi connectivity index (χ3n) is 1.86. The molecule has 2 rings (SSSR count). The summed E-state index contributed by atoms with van der Waals surface area (Å²) in [4.78, 5) is 4.12. The van der Waals surface area contributed by atoms with Crippen LogP contribution in [0.4, 0.5) is 0 Å². The van der Waals surface area contributed by atoms with Gasteiger partial charge in [-0.25, -0.2) is 9.67 Å².